The lowest BCUT2D eigenvalue weighted by atomic mass is 10.2. The number of benzene rings is 1. The smallest absolute Gasteiger partial charge is 0.361 e. The van der Waals surface area contributed by atoms with E-state index in [1.807, 2.05) is 24.3 Å². The first kappa shape index (κ1) is 11.3. The Morgan fingerprint density at radius 2 is 1.89 bits per heavy atom. The van der Waals surface area contributed by atoms with Crippen molar-refractivity contribution < 1.29 is 4.42 Å². The third-order valence-corrected chi connectivity index (χ3v) is 2.77. The zero-order valence-electron chi connectivity index (χ0n) is 9.96. The first-order chi connectivity index (χ1) is 9.25. The third kappa shape index (κ3) is 2.01. The van der Waals surface area contributed by atoms with E-state index in [-0.39, 0.29) is 5.69 Å². The molecule has 0 radical (unpaired) electrons. The minimum atomic E-state index is -0.558. The largest absolute Gasteiger partial charge is 0.421 e. The van der Waals surface area contributed by atoms with Crippen molar-refractivity contribution >= 4 is 28.2 Å². The maximum Gasteiger partial charge on any atom is 0.361 e. The monoisotopic (exact) mass is 253 g/mol. The van der Waals surface area contributed by atoms with Crippen molar-refractivity contribution in [3.8, 4) is 0 Å². The van der Waals surface area contributed by atoms with Gasteiger partial charge in [-0.3, -0.25) is 0 Å². The van der Waals surface area contributed by atoms with E-state index in [0.29, 0.717) is 17.1 Å². The molecular weight excluding hydrogens is 242 g/mol. The summed E-state index contributed by atoms with van der Waals surface area (Å²) < 4.78 is 5.13. The Bertz CT molecular complexity index is 782. The van der Waals surface area contributed by atoms with E-state index in [4.69, 9.17) is 10.2 Å². The summed E-state index contributed by atoms with van der Waals surface area (Å²) >= 11 is 0. The predicted octanol–water partition coefficient (Wildman–Crippen LogP) is 2.51. The molecule has 0 aliphatic heterocycles. The highest BCUT2D eigenvalue weighted by Crippen LogP contribution is 2.28. The van der Waals surface area contributed by atoms with Crippen LogP contribution in [0.25, 0.3) is 11.0 Å². The van der Waals surface area contributed by atoms with Gasteiger partial charge in [0.1, 0.15) is 17.1 Å². The molecule has 0 aliphatic carbocycles. The third-order valence-electron chi connectivity index (χ3n) is 2.77. The van der Waals surface area contributed by atoms with Crippen molar-refractivity contribution in [2.24, 2.45) is 0 Å². The van der Waals surface area contributed by atoms with Crippen LogP contribution in [0.3, 0.4) is 0 Å². The van der Waals surface area contributed by atoms with Crippen molar-refractivity contribution in [2.75, 3.05) is 11.1 Å². The molecule has 5 nitrogen and oxygen atoms in total. The van der Waals surface area contributed by atoms with Crippen LogP contribution < -0.4 is 16.7 Å². The number of nitrogens with two attached hydrogens (primary N) is 1. The molecule has 0 atom stereocenters. The minimum absolute atomic E-state index is 0.0457. The Balaban J connectivity index is 2.22. The molecule has 0 spiro atoms. The van der Waals surface area contributed by atoms with Crippen LogP contribution in [-0.4, -0.2) is 4.98 Å². The van der Waals surface area contributed by atoms with Crippen LogP contribution in [0.5, 0.6) is 0 Å². The van der Waals surface area contributed by atoms with E-state index in [2.05, 4.69) is 10.3 Å². The van der Waals surface area contributed by atoms with Crippen LogP contribution in [0.15, 0.2) is 57.9 Å². The molecule has 1 aromatic carbocycles. The molecule has 2 aromatic heterocycles. The maximum atomic E-state index is 11.7. The van der Waals surface area contributed by atoms with Crippen LogP contribution in [0.4, 0.5) is 17.2 Å². The Hall–Kier alpha value is -2.82. The predicted molar refractivity (Wildman–Crippen MR) is 74.4 cm³/mol. The van der Waals surface area contributed by atoms with Gasteiger partial charge in [-0.15, -0.1) is 0 Å². The Morgan fingerprint density at radius 3 is 2.68 bits per heavy atom. The summed E-state index contributed by atoms with van der Waals surface area (Å²) in [6.45, 7) is 0. The summed E-state index contributed by atoms with van der Waals surface area (Å²) in [6, 6.07) is 12.7. The van der Waals surface area contributed by atoms with E-state index in [1.165, 1.54) is 0 Å². The number of nitrogens with one attached hydrogen (secondary N) is 1. The van der Waals surface area contributed by atoms with Gasteiger partial charge in [0, 0.05) is 11.6 Å². The van der Waals surface area contributed by atoms with Crippen LogP contribution >= 0.6 is 0 Å². The number of aromatic nitrogens is 1. The fraction of sp³-hybridized carbons (Fsp3) is 0. The molecule has 0 unspecified atom stereocenters. The van der Waals surface area contributed by atoms with Gasteiger partial charge in [-0.25, -0.2) is 9.78 Å². The lowest BCUT2D eigenvalue weighted by Crippen LogP contribution is -2.10. The van der Waals surface area contributed by atoms with Crippen molar-refractivity contribution in [2.45, 2.75) is 0 Å². The van der Waals surface area contributed by atoms with E-state index >= 15 is 0 Å². The van der Waals surface area contributed by atoms with Gasteiger partial charge < -0.3 is 15.5 Å². The average molecular weight is 253 g/mol. The molecule has 3 aromatic rings. The molecule has 0 aliphatic rings. The van der Waals surface area contributed by atoms with Gasteiger partial charge >= 0.3 is 5.63 Å². The number of rotatable bonds is 2. The van der Waals surface area contributed by atoms with Crippen molar-refractivity contribution in [1.82, 2.24) is 4.98 Å². The van der Waals surface area contributed by atoms with E-state index in [0.717, 1.165) is 5.39 Å². The number of fused-ring (bicyclic) bond motifs is 1. The average Bonchev–Trinajstić information content (AvgIpc) is 2.45. The maximum absolute atomic E-state index is 11.7. The highest BCUT2D eigenvalue weighted by Gasteiger charge is 2.11. The summed E-state index contributed by atoms with van der Waals surface area (Å²) in [4.78, 5) is 15.8. The van der Waals surface area contributed by atoms with E-state index < -0.39 is 5.63 Å². The fourth-order valence-electron chi connectivity index (χ4n) is 1.86. The number of para-hydroxylation sites is 1. The first-order valence-corrected chi connectivity index (χ1v) is 5.75. The second kappa shape index (κ2) is 4.45. The minimum Gasteiger partial charge on any atom is -0.421 e. The molecule has 19 heavy (non-hydrogen) atoms. The highest BCUT2D eigenvalue weighted by molar-refractivity contribution is 5.97. The van der Waals surface area contributed by atoms with Crippen molar-refractivity contribution in [3.05, 3.63) is 59.1 Å². The van der Waals surface area contributed by atoms with Gasteiger partial charge in [0.15, 0.2) is 0 Å². The lowest BCUT2D eigenvalue weighted by molar-refractivity contribution is 0.565. The van der Waals surface area contributed by atoms with Crippen LogP contribution in [0.2, 0.25) is 0 Å². The fourth-order valence-corrected chi connectivity index (χ4v) is 1.86. The summed E-state index contributed by atoms with van der Waals surface area (Å²) in [7, 11) is 0. The second-order valence-corrected chi connectivity index (χ2v) is 4.01. The summed E-state index contributed by atoms with van der Waals surface area (Å²) in [5.41, 5.74) is 6.29. The molecular formula is C14H11N3O2. The van der Waals surface area contributed by atoms with E-state index in [1.54, 1.807) is 24.4 Å². The number of hydrogen-bond acceptors (Lipinski definition) is 5. The quantitative estimate of drug-likeness (QED) is 0.686. The molecule has 0 fully saturated rings. The van der Waals surface area contributed by atoms with Gasteiger partial charge in [0.25, 0.3) is 0 Å². The molecule has 3 N–H and O–H groups in total. The molecule has 2 heterocycles. The number of pyridine rings is 1. The van der Waals surface area contributed by atoms with Crippen LogP contribution in [-0.2, 0) is 0 Å². The normalized spacial score (nSPS) is 10.5. The molecule has 0 amide bonds. The molecule has 0 saturated carbocycles. The standard InChI is InChI=1S/C14H11N3O2/c15-12-13(17-11-7-3-4-8-16-11)9-5-1-2-6-10(9)19-14(12)18/h1-8H,15H2,(H,16,17). The summed E-state index contributed by atoms with van der Waals surface area (Å²) in [5, 5.41) is 3.80. The Kier molecular flexibility index (Phi) is 2.64. The molecule has 3 rings (SSSR count). The van der Waals surface area contributed by atoms with Gasteiger partial charge in [0.2, 0.25) is 0 Å². The molecule has 94 valence electrons. The molecule has 0 bridgehead atoms. The number of nitrogen functional groups attached to an aromatic ring is 1. The molecule has 5 heteroatoms. The Labute approximate surface area is 108 Å². The van der Waals surface area contributed by atoms with Gasteiger partial charge in [0.05, 0.1) is 5.69 Å². The second-order valence-electron chi connectivity index (χ2n) is 4.01. The number of nitrogens with zero attached hydrogens (tertiary/aromatic N) is 1. The lowest BCUT2D eigenvalue weighted by Gasteiger charge is -2.10. The first-order valence-electron chi connectivity index (χ1n) is 5.75. The molecule has 0 saturated heterocycles. The van der Waals surface area contributed by atoms with Crippen molar-refractivity contribution in [3.63, 3.8) is 0 Å². The highest BCUT2D eigenvalue weighted by atomic mass is 16.4. The number of hydrogen-bond donors (Lipinski definition) is 2. The van der Waals surface area contributed by atoms with Crippen LogP contribution in [0.1, 0.15) is 0 Å². The SMILES string of the molecule is Nc1c(Nc2ccccn2)c2ccccc2oc1=O. The Morgan fingerprint density at radius 1 is 1.11 bits per heavy atom. The topological polar surface area (TPSA) is 81.2 Å². The van der Waals surface area contributed by atoms with Crippen molar-refractivity contribution in [1.29, 1.82) is 0 Å². The zero-order chi connectivity index (χ0) is 13.2. The number of anilines is 3. The van der Waals surface area contributed by atoms with Gasteiger partial charge in [-0.1, -0.05) is 18.2 Å². The van der Waals surface area contributed by atoms with Gasteiger partial charge in [-0.05, 0) is 24.3 Å². The van der Waals surface area contributed by atoms with E-state index in [9.17, 15) is 4.79 Å². The van der Waals surface area contributed by atoms with Gasteiger partial charge in [-0.2, -0.15) is 0 Å². The summed E-state index contributed by atoms with van der Waals surface area (Å²) in [6.07, 6.45) is 1.66. The zero-order valence-corrected chi connectivity index (χ0v) is 9.96. The van der Waals surface area contributed by atoms with Crippen LogP contribution in [0, 0.1) is 0 Å². The summed E-state index contributed by atoms with van der Waals surface area (Å²) in [5.74, 6) is 0.616.